The molecule has 2 rings (SSSR count). The molecule has 0 saturated carbocycles. The van der Waals surface area contributed by atoms with Gasteiger partial charge in [0.15, 0.2) is 0 Å². The van der Waals surface area contributed by atoms with Crippen molar-refractivity contribution in [3.63, 3.8) is 0 Å². The molecule has 0 aliphatic rings. The molecule has 20 heavy (non-hydrogen) atoms. The third kappa shape index (κ3) is 3.35. The van der Waals surface area contributed by atoms with Gasteiger partial charge in [-0.1, -0.05) is 23.8 Å². The zero-order valence-electron chi connectivity index (χ0n) is 11.5. The quantitative estimate of drug-likeness (QED) is 0.898. The van der Waals surface area contributed by atoms with Crippen molar-refractivity contribution in [2.24, 2.45) is 0 Å². The number of anilines is 1. The molecule has 0 radical (unpaired) electrons. The van der Waals surface area contributed by atoms with Gasteiger partial charge in [0.25, 0.3) is 5.91 Å². The Morgan fingerprint density at radius 1 is 1.20 bits per heavy atom. The van der Waals surface area contributed by atoms with Gasteiger partial charge in [-0.25, -0.2) is 4.39 Å². The molecule has 0 spiro atoms. The van der Waals surface area contributed by atoms with E-state index in [1.165, 1.54) is 6.07 Å². The highest BCUT2D eigenvalue weighted by molar-refractivity contribution is 5.94. The predicted molar refractivity (Wildman–Crippen MR) is 78.3 cm³/mol. The summed E-state index contributed by atoms with van der Waals surface area (Å²) >= 11 is 0. The average Bonchev–Trinajstić information content (AvgIpc) is 2.47. The van der Waals surface area contributed by atoms with E-state index in [0.717, 1.165) is 11.3 Å². The van der Waals surface area contributed by atoms with Gasteiger partial charge in [-0.15, -0.1) is 0 Å². The van der Waals surface area contributed by atoms with Crippen LogP contribution in [0.4, 0.5) is 10.1 Å². The van der Waals surface area contributed by atoms with Crippen LogP contribution in [0, 0.1) is 12.7 Å². The Hall–Kier alpha value is -2.36. The van der Waals surface area contributed by atoms with Gasteiger partial charge in [0, 0.05) is 30.4 Å². The van der Waals surface area contributed by atoms with Crippen molar-refractivity contribution in [1.82, 2.24) is 5.32 Å². The average molecular weight is 272 g/mol. The SMILES string of the molecule is CNC(=O)c1cccc(NCc2cc(C)ccc2F)c1. The highest BCUT2D eigenvalue weighted by Crippen LogP contribution is 2.15. The molecule has 0 aliphatic heterocycles. The van der Waals surface area contributed by atoms with Gasteiger partial charge in [-0.05, 0) is 31.2 Å². The standard InChI is InChI=1S/C16H17FN2O/c1-11-6-7-15(17)13(8-11)10-19-14-5-3-4-12(9-14)16(20)18-2/h3-9,19H,10H2,1-2H3,(H,18,20). The Bertz CT molecular complexity index is 626. The van der Waals surface area contributed by atoms with Crippen molar-refractivity contribution in [1.29, 1.82) is 0 Å². The molecular formula is C16H17FN2O. The summed E-state index contributed by atoms with van der Waals surface area (Å²) in [6, 6.07) is 12.1. The number of amides is 1. The highest BCUT2D eigenvalue weighted by Gasteiger charge is 2.05. The molecule has 0 saturated heterocycles. The van der Waals surface area contributed by atoms with E-state index in [1.807, 2.05) is 19.1 Å². The zero-order chi connectivity index (χ0) is 14.5. The van der Waals surface area contributed by atoms with E-state index < -0.39 is 0 Å². The fourth-order valence-corrected chi connectivity index (χ4v) is 1.95. The Balaban J connectivity index is 2.11. The minimum Gasteiger partial charge on any atom is -0.381 e. The molecule has 104 valence electrons. The highest BCUT2D eigenvalue weighted by atomic mass is 19.1. The molecule has 4 heteroatoms. The smallest absolute Gasteiger partial charge is 0.251 e. The second kappa shape index (κ2) is 6.19. The lowest BCUT2D eigenvalue weighted by molar-refractivity contribution is 0.0963. The Morgan fingerprint density at radius 2 is 2.00 bits per heavy atom. The van der Waals surface area contributed by atoms with Crippen molar-refractivity contribution in [3.8, 4) is 0 Å². The van der Waals surface area contributed by atoms with E-state index in [9.17, 15) is 9.18 Å². The lowest BCUT2D eigenvalue weighted by Gasteiger charge is -2.09. The normalized spacial score (nSPS) is 10.2. The van der Waals surface area contributed by atoms with Crippen LogP contribution < -0.4 is 10.6 Å². The van der Waals surface area contributed by atoms with Crippen LogP contribution in [0.5, 0.6) is 0 Å². The summed E-state index contributed by atoms with van der Waals surface area (Å²) in [5.74, 6) is -0.374. The largest absolute Gasteiger partial charge is 0.381 e. The fourth-order valence-electron chi connectivity index (χ4n) is 1.95. The third-order valence-corrected chi connectivity index (χ3v) is 3.04. The summed E-state index contributed by atoms with van der Waals surface area (Å²) in [6.45, 7) is 2.31. The molecule has 2 aromatic rings. The number of carbonyl (C=O) groups is 1. The number of benzene rings is 2. The maximum Gasteiger partial charge on any atom is 0.251 e. The maximum absolute atomic E-state index is 13.6. The lowest BCUT2D eigenvalue weighted by Crippen LogP contribution is -2.17. The molecule has 2 aromatic carbocycles. The number of hydrogen-bond donors (Lipinski definition) is 2. The number of halogens is 1. The van der Waals surface area contributed by atoms with Gasteiger partial charge in [-0.2, -0.15) is 0 Å². The van der Waals surface area contributed by atoms with Gasteiger partial charge in [0.1, 0.15) is 5.82 Å². The van der Waals surface area contributed by atoms with E-state index in [4.69, 9.17) is 0 Å². The molecule has 0 unspecified atom stereocenters. The molecule has 2 N–H and O–H groups in total. The minimum atomic E-state index is -0.231. The van der Waals surface area contributed by atoms with Crippen molar-refractivity contribution in [2.45, 2.75) is 13.5 Å². The number of aryl methyl sites for hydroxylation is 1. The topological polar surface area (TPSA) is 41.1 Å². The number of carbonyl (C=O) groups excluding carboxylic acids is 1. The second-order valence-corrected chi connectivity index (χ2v) is 4.61. The summed E-state index contributed by atoms with van der Waals surface area (Å²) < 4.78 is 13.6. The molecule has 0 bridgehead atoms. The van der Waals surface area contributed by atoms with Crippen LogP contribution in [-0.4, -0.2) is 13.0 Å². The molecule has 0 fully saturated rings. The van der Waals surface area contributed by atoms with Crippen molar-refractivity contribution >= 4 is 11.6 Å². The molecule has 3 nitrogen and oxygen atoms in total. The summed E-state index contributed by atoms with van der Waals surface area (Å²) in [7, 11) is 1.59. The molecule has 0 heterocycles. The van der Waals surface area contributed by atoms with Crippen LogP contribution in [0.15, 0.2) is 42.5 Å². The molecule has 1 amide bonds. The van der Waals surface area contributed by atoms with Gasteiger partial charge in [0.2, 0.25) is 0 Å². The van der Waals surface area contributed by atoms with Gasteiger partial charge < -0.3 is 10.6 Å². The second-order valence-electron chi connectivity index (χ2n) is 4.61. The molecule has 0 aliphatic carbocycles. The first-order chi connectivity index (χ1) is 9.60. The third-order valence-electron chi connectivity index (χ3n) is 3.04. The van der Waals surface area contributed by atoms with Crippen LogP contribution in [0.2, 0.25) is 0 Å². The summed E-state index contributed by atoms with van der Waals surface area (Å²) in [5, 5.41) is 5.70. The number of nitrogens with one attached hydrogen (secondary N) is 2. The fraction of sp³-hybridized carbons (Fsp3) is 0.188. The Kier molecular flexibility index (Phi) is 4.35. The van der Waals surface area contributed by atoms with Crippen molar-refractivity contribution < 1.29 is 9.18 Å². The zero-order valence-corrected chi connectivity index (χ0v) is 11.5. The summed E-state index contributed by atoms with van der Waals surface area (Å²) in [5.41, 5.74) is 2.98. The monoisotopic (exact) mass is 272 g/mol. The van der Waals surface area contributed by atoms with E-state index in [-0.39, 0.29) is 11.7 Å². The maximum atomic E-state index is 13.6. The minimum absolute atomic E-state index is 0.143. The van der Waals surface area contributed by atoms with Gasteiger partial charge in [0.05, 0.1) is 0 Å². The van der Waals surface area contributed by atoms with Crippen molar-refractivity contribution in [3.05, 3.63) is 65.0 Å². The first kappa shape index (κ1) is 14.1. The number of rotatable bonds is 4. The van der Waals surface area contributed by atoms with E-state index in [1.54, 1.807) is 31.3 Å². The van der Waals surface area contributed by atoms with Crippen LogP contribution >= 0.6 is 0 Å². The molecular weight excluding hydrogens is 255 g/mol. The lowest BCUT2D eigenvalue weighted by atomic mass is 10.1. The van der Waals surface area contributed by atoms with Crippen LogP contribution in [0.25, 0.3) is 0 Å². The van der Waals surface area contributed by atoms with E-state index in [0.29, 0.717) is 17.7 Å². The van der Waals surface area contributed by atoms with E-state index in [2.05, 4.69) is 10.6 Å². The van der Waals surface area contributed by atoms with Crippen LogP contribution in [0.3, 0.4) is 0 Å². The molecule has 0 atom stereocenters. The first-order valence-electron chi connectivity index (χ1n) is 6.41. The first-order valence-corrected chi connectivity index (χ1v) is 6.41. The van der Waals surface area contributed by atoms with Crippen LogP contribution in [-0.2, 0) is 6.54 Å². The molecule has 0 aromatic heterocycles. The van der Waals surface area contributed by atoms with Gasteiger partial charge >= 0.3 is 0 Å². The van der Waals surface area contributed by atoms with Crippen LogP contribution in [0.1, 0.15) is 21.5 Å². The predicted octanol–water partition coefficient (Wildman–Crippen LogP) is 3.11. The van der Waals surface area contributed by atoms with Crippen molar-refractivity contribution in [2.75, 3.05) is 12.4 Å². The Morgan fingerprint density at radius 3 is 2.75 bits per heavy atom. The summed E-state index contributed by atoms with van der Waals surface area (Å²) in [6.07, 6.45) is 0. The van der Waals surface area contributed by atoms with Gasteiger partial charge in [-0.3, -0.25) is 4.79 Å². The Labute approximate surface area is 117 Å². The summed E-state index contributed by atoms with van der Waals surface area (Å²) in [4.78, 5) is 11.5. The van der Waals surface area contributed by atoms with E-state index >= 15 is 0 Å². The number of hydrogen-bond acceptors (Lipinski definition) is 2.